The molecule has 112 valence electrons. The third-order valence-electron chi connectivity index (χ3n) is 4.70. The average Bonchev–Trinajstić information content (AvgIpc) is 2.41. The van der Waals surface area contributed by atoms with Crippen molar-refractivity contribution in [1.29, 1.82) is 0 Å². The number of piperidine rings is 1. The van der Waals surface area contributed by atoms with Gasteiger partial charge >= 0.3 is 0 Å². The minimum Gasteiger partial charge on any atom is -0.317 e. The fourth-order valence-corrected chi connectivity index (χ4v) is 3.24. The van der Waals surface area contributed by atoms with Crippen molar-refractivity contribution in [3.05, 3.63) is 0 Å². The number of piperazine rings is 1. The number of hydrogen-bond acceptors (Lipinski definition) is 4. The summed E-state index contributed by atoms with van der Waals surface area (Å²) in [5, 5.41) is 7.24. The third kappa shape index (κ3) is 5.78. The van der Waals surface area contributed by atoms with Crippen molar-refractivity contribution in [2.75, 3.05) is 59.9 Å². The van der Waals surface area contributed by atoms with Crippen LogP contribution in [0.1, 0.15) is 25.7 Å². The molecular weight excluding hydrogens is 236 g/mol. The number of nitrogens with one attached hydrogen (secondary N) is 2. The van der Waals surface area contributed by atoms with E-state index in [-0.39, 0.29) is 0 Å². The number of hydrogen-bond donors (Lipinski definition) is 2. The monoisotopic (exact) mass is 268 g/mol. The summed E-state index contributed by atoms with van der Waals surface area (Å²) in [6.45, 7) is 8.51. The van der Waals surface area contributed by atoms with Crippen LogP contribution in [0, 0.1) is 5.92 Å². The molecule has 0 saturated carbocycles. The first-order valence-corrected chi connectivity index (χ1v) is 8.05. The number of nitrogens with zero attached hydrogens (tertiary/aromatic N) is 2. The number of likely N-dealkylation sites (N-methyl/N-ethyl adjacent to an activating group) is 1. The Labute approximate surface area is 118 Å². The summed E-state index contributed by atoms with van der Waals surface area (Å²) in [6.07, 6.45) is 5.42. The van der Waals surface area contributed by atoms with Crippen LogP contribution >= 0.6 is 0 Å². The lowest BCUT2D eigenvalue weighted by atomic mass is 9.94. The Bertz CT molecular complexity index is 238. The van der Waals surface area contributed by atoms with E-state index in [1.54, 1.807) is 0 Å². The molecule has 2 aliphatic heterocycles. The van der Waals surface area contributed by atoms with E-state index in [1.165, 1.54) is 58.4 Å². The van der Waals surface area contributed by atoms with Crippen molar-refractivity contribution in [3.8, 4) is 0 Å². The predicted octanol–water partition coefficient (Wildman–Crippen LogP) is 0.602. The molecule has 0 spiro atoms. The quantitative estimate of drug-likeness (QED) is 0.691. The topological polar surface area (TPSA) is 30.5 Å². The maximum atomic E-state index is 3.63. The standard InChI is InChI=1S/C15H32N4/c1-18-10-5-14(6-11-18)3-7-16-8-4-15-13-19(2)12-9-17-15/h14-17H,3-13H2,1-2H3. The van der Waals surface area contributed by atoms with Gasteiger partial charge in [-0.1, -0.05) is 0 Å². The van der Waals surface area contributed by atoms with Crippen LogP contribution in [0.2, 0.25) is 0 Å². The second kappa shape index (κ2) is 8.20. The summed E-state index contributed by atoms with van der Waals surface area (Å²) in [7, 11) is 4.46. The van der Waals surface area contributed by atoms with Crippen molar-refractivity contribution in [2.24, 2.45) is 5.92 Å². The summed E-state index contributed by atoms with van der Waals surface area (Å²) < 4.78 is 0. The third-order valence-corrected chi connectivity index (χ3v) is 4.70. The van der Waals surface area contributed by atoms with Gasteiger partial charge in [0.2, 0.25) is 0 Å². The maximum absolute atomic E-state index is 3.63. The molecule has 2 aliphatic rings. The van der Waals surface area contributed by atoms with E-state index in [1.807, 2.05) is 0 Å². The van der Waals surface area contributed by atoms with Gasteiger partial charge in [-0.2, -0.15) is 0 Å². The Morgan fingerprint density at radius 3 is 2.47 bits per heavy atom. The van der Waals surface area contributed by atoms with Gasteiger partial charge in [-0.05, 0) is 71.9 Å². The molecule has 4 heteroatoms. The van der Waals surface area contributed by atoms with Gasteiger partial charge in [-0.25, -0.2) is 0 Å². The molecule has 19 heavy (non-hydrogen) atoms. The maximum Gasteiger partial charge on any atom is 0.0207 e. The zero-order valence-corrected chi connectivity index (χ0v) is 12.8. The molecule has 2 fully saturated rings. The highest BCUT2D eigenvalue weighted by Crippen LogP contribution is 2.18. The normalized spacial score (nSPS) is 27.8. The molecule has 0 aromatic carbocycles. The highest BCUT2D eigenvalue weighted by molar-refractivity contribution is 4.77. The van der Waals surface area contributed by atoms with Crippen LogP contribution in [0.3, 0.4) is 0 Å². The molecule has 0 aromatic heterocycles. The van der Waals surface area contributed by atoms with Gasteiger partial charge in [0, 0.05) is 25.7 Å². The minimum atomic E-state index is 0.689. The predicted molar refractivity (Wildman–Crippen MR) is 81.6 cm³/mol. The minimum absolute atomic E-state index is 0.689. The zero-order chi connectivity index (χ0) is 13.5. The van der Waals surface area contributed by atoms with Gasteiger partial charge < -0.3 is 20.4 Å². The summed E-state index contributed by atoms with van der Waals surface area (Å²) >= 11 is 0. The lowest BCUT2D eigenvalue weighted by molar-refractivity contribution is 0.210. The second-order valence-corrected chi connectivity index (χ2v) is 6.49. The molecule has 2 saturated heterocycles. The van der Waals surface area contributed by atoms with Gasteiger partial charge in [0.25, 0.3) is 0 Å². The molecule has 1 atom stereocenters. The van der Waals surface area contributed by atoms with Crippen molar-refractivity contribution >= 4 is 0 Å². The highest BCUT2D eigenvalue weighted by Gasteiger charge is 2.17. The fraction of sp³-hybridized carbons (Fsp3) is 1.00. The lowest BCUT2D eigenvalue weighted by Crippen LogP contribution is -2.49. The second-order valence-electron chi connectivity index (χ2n) is 6.49. The van der Waals surface area contributed by atoms with Crippen LogP contribution in [0.5, 0.6) is 0 Å². The summed E-state index contributed by atoms with van der Waals surface area (Å²) in [5.74, 6) is 0.961. The molecule has 0 radical (unpaired) electrons. The van der Waals surface area contributed by atoms with Crippen molar-refractivity contribution < 1.29 is 0 Å². The first-order chi connectivity index (χ1) is 9.24. The van der Waals surface area contributed by atoms with Crippen LogP contribution in [-0.4, -0.2) is 75.8 Å². The fourth-order valence-electron chi connectivity index (χ4n) is 3.24. The Morgan fingerprint density at radius 1 is 1.00 bits per heavy atom. The van der Waals surface area contributed by atoms with E-state index in [4.69, 9.17) is 0 Å². The van der Waals surface area contributed by atoms with Crippen LogP contribution in [0.25, 0.3) is 0 Å². The SMILES string of the molecule is CN1CCC(CCNCCC2CN(C)CCN2)CC1. The molecule has 2 rings (SSSR count). The molecule has 0 amide bonds. The van der Waals surface area contributed by atoms with Crippen molar-refractivity contribution in [3.63, 3.8) is 0 Å². The Morgan fingerprint density at radius 2 is 1.74 bits per heavy atom. The van der Waals surface area contributed by atoms with E-state index in [0.717, 1.165) is 19.0 Å². The summed E-state index contributed by atoms with van der Waals surface area (Å²) in [4.78, 5) is 4.88. The average molecular weight is 268 g/mol. The van der Waals surface area contributed by atoms with Crippen molar-refractivity contribution in [2.45, 2.75) is 31.7 Å². The smallest absolute Gasteiger partial charge is 0.0207 e. The first kappa shape index (κ1) is 15.2. The van der Waals surface area contributed by atoms with E-state index in [2.05, 4.69) is 34.5 Å². The zero-order valence-electron chi connectivity index (χ0n) is 12.8. The molecule has 0 aromatic rings. The lowest BCUT2D eigenvalue weighted by Gasteiger charge is -2.31. The highest BCUT2D eigenvalue weighted by atomic mass is 15.2. The van der Waals surface area contributed by atoms with Gasteiger partial charge in [-0.15, -0.1) is 0 Å². The largest absolute Gasteiger partial charge is 0.317 e. The number of rotatable bonds is 6. The van der Waals surface area contributed by atoms with Crippen LogP contribution in [0.4, 0.5) is 0 Å². The molecule has 0 aliphatic carbocycles. The molecule has 2 heterocycles. The van der Waals surface area contributed by atoms with E-state index >= 15 is 0 Å². The van der Waals surface area contributed by atoms with Crippen LogP contribution < -0.4 is 10.6 Å². The summed E-state index contributed by atoms with van der Waals surface area (Å²) in [5.41, 5.74) is 0. The van der Waals surface area contributed by atoms with Gasteiger partial charge in [0.05, 0.1) is 0 Å². The molecule has 0 bridgehead atoms. The molecule has 1 unspecified atom stereocenters. The van der Waals surface area contributed by atoms with Gasteiger partial charge in [-0.3, -0.25) is 0 Å². The Kier molecular flexibility index (Phi) is 6.57. The summed E-state index contributed by atoms with van der Waals surface area (Å²) in [6, 6.07) is 0.689. The van der Waals surface area contributed by atoms with Gasteiger partial charge in [0.15, 0.2) is 0 Å². The first-order valence-electron chi connectivity index (χ1n) is 8.05. The molecule has 4 nitrogen and oxygen atoms in total. The van der Waals surface area contributed by atoms with Crippen LogP contribution in [0.15, 0.2) is 0 Å². The molecular formula is C15H32N4. The van der Waals surface area contributed by atoms with E-state index in [0.29, 0.717) is 6.04 Å². The van der Waals surface area contributed by atoms with E-state index < -0.39 is 0 Å². The van der Waals surface area contributed by atoms with Crippen molar-refractivity contribution in [1.82, 2.24) is 20.4 Å². The Hall–Kier alpha value is -0.160. The number of likely N-dealkylation sites (tertiary alicyclic amines) is 1. The Balaban J connectivity index is 1.46. The molecule has 2 N–H and O–H groups in total. The van der Waals surface area contributed by atoms with E-state index in [9.17, 15) is 0 Å². The van der Waals surface area contributed by atoms with Gasteiger partial charge in [0.1, 0.15) is 0 Å². The van der Waals surface area contributed by atoms with Crippen LogP contribution in [-0.2, 0) is 0 Å².